The fourth-order valence-electron chi connectivity index (χ4n) is 3.53. The van der Waals surface area contributed by atoms with Crippen LogP contribution < -0.4 is 0 Å². The highest BCUT2D eigenvalue weighted by Gasteiger charge is 2.40. The number of hydrogen-bond donors (Lipinski definition) is 1. The maximum Gasteiger partial charge on any atom is 0.108 e. The number of aliphatic hydroxyl groups is 1. The van der Waals surface area contributed by atoms with Crippen molar-refractivity contribution in [2.24, 2.45) is 0 Å². The maximum absolute atomic E-state index is 11.0. The van der Waals surface area contributed by atoms with Crippen LogP contribution in [-0.4, -0.2) is 17.3 Å². The van der Waals surface area contributed by atoms with Crippen LogP contribution in [0.3, 0.4) is 0 Å². The molecule has 1 aromatic rings. The highest BCUT2D eigenvalue weighted by molar-refractivity contribution is 5.33. The van der Waals surface area contributed by atoms with Crippen molar-refractivity contribution in [3.63, 3.8) is 0 Å². The molecule has 2 rings (SSSR count). The summed E-state index contributed by atoms with van der Waals surface area (Å²) < 4.78 is 6.10. The zero-order valence-electron chi connectivity index (χ0n) is 13.1. The summed E-state index contributed by atoms with van der Waals surface area (Å²) in [5.41, 5.74) is 3.06. The Morgan fingerprint density at radius 3 is 2.35 bits per heavy atom. The molecule has 2 nitrogen and oxygen atoms in total. The van der Waals surface area contributed by atoms with Gasteiger partial charge in [0.05, 0.1) is 5.60 Å². The molecule has 1 fully saturated rings. The number of aliphatic hydroxyl groups excluding tert-OH is 1. The topological polar surface area (TPSA) is 29.5 Å². The minimum atomic E-state index is -0.513. The van der Waals surface area contributed by atoms with E-state index in [4.69, 9.17) is 4.74 Å². The molecule has 112 valence electrons. The van der Waals surface area contributed by atoms with E-state index in [1.807, 2.05) is 6.92 Å². The molecule has 2 heteroatoms. The summed E-state index contributed by atoms with van der Waals surface area (Å²) in [7, 11) is 0. The van der Waals surface area contributed by atoms with Gasteiger partial charge in [0.2, 0.25) is 0 Å². The van der Waals surface area contributed by atoms with E-state index in [2.05, 4.69) is 32.0 Å². The Morgan fingerprint density at radius 1 is 1.15 bits per heavy atom. The van der Waals surface area contributed by atoms with Crippen LogP contribution in [0, 0.1) is 13.8 Å². The van der Waals surface area contributed by atoms with Gasteiger partial charge in [-0.25, -0.2) is 0 Å². The van der Waals surface area contributed by atoms with Crippen molar-refractivity contribution in [3.05, 3.63) is 34.9 Å². The Bertz CT molecular complexity index is 431. The number of ether oxygens (including phenoxy) is 1. The highest BCUT2D eigenvalue weighted by atomic mass is 16.5. The van der Waals surface area contributed by atoms with Crippen LogP contribution in [0.5, 0.6) is 0 Å². The predicted molar refractivity (Wildman–Crippen MR) is 82.9 cm³/mol. The number of aryl methyl sites for hydroxylation is 2. The summed E-state index contributed by atoms with van der Waals surface area (Å²) in [4.78, 5) is 0. The first-order chi connectivity index (χ1) is 9.59. The molecule has 1 aromatic carbocycles. The maximum atomic E-state index is 11.0. The second-order valence-corrected chi connectivity index (χ2v) is 6.17. The van der Waals surface area contributed by atoms with Gasteiger partial charge in [-0.05, 0) is 44.7 Å². The fraction of sp³-hybridized carbons (Fsp3) is 0.667. The normalized spacial score (nSPS) is 20.4. The lowest BCUT2D eigenvalue weighted by Crippen LogP contribution is -2.39. The molecule has 1 unspecified atom stereocenters. The van der Waals surface area contributed by atoms with Gasteiger partial charge in [0.25, 0.3) is 0 Å². The lowest BCUT2D eigenvalue weighted by molar-refractivity contribution is -0.131. The third-order valence-electron chi connectivity index (χ3n) is 4.60. The number of hydrogen-bond acceptors (Lipinski definition) is 2. The van der Waals surface area contributed by atoms with E-state index < -0.39 is 6.10 Å². The van der Waals surface area contributed by atoms with Crippen LogP contribution >= 0.6 is 0 Å². The lowest BCUT2D eigenvalue weighted by atomic mass is 9.82. The molecule has 0 spiro atoms. The molecule has 0 bridgehead atoms. The van der Waals surface area contributed by atoms with Gasteiger partial charge < -0.3 is 9.84 Å². The quantitative estimate of drug-likeness (QED) is 0.822. The highest BCUT2D eigenvalue weighted by Crippen LogP contribution is 2.41. The van der Waals surface area contributed by atoms with Crippen LogP contribution in [0.4, 0.5) is 0 Å². The molecule has 1 aliphatic rings. The predicted octanol–water partition coefficient (Wildman–Crippen LogP) is 4.47. The summed E-state index contributed by atoms with van der Waals surface area (Å²) >= 11 is 0. The van der Waals surface area contributed by atoms with E-state index >= 15 is 0 Å². The van der Waals surface area contributed by atoms with E-state index in [-0.39, 0.29) is 5.60 Å². The first-order valence-electron chi connectivity index (χ1n) is 7.98. The van der Waals surface area contributed by atoms with Gasteiger partial charge in [0, 0.05) is 6.61 Å². The molecular formula is C18H28O2. The molecule has 0 aromatic heterocycles. The summed E-state index contributed by atoms with van der Waals surface area (Å²) in [5.74, 6) is 0. The Kier molecular flexibility index (Phi) is 5.22. The molecule has 0 aliphatic heterocycles. The standard InChI is InChI=1S/C18H28O2/c1-4-20-18(11-7-5-6-8-12-18)17(19)16-10-9-14(2)13-15(16)3/h9-10,13,17,19H,4-8,11-12H2,1-3H3. The average Bonchev–Trinajstić information content (AvgIpc) is 2.65. The molecule has 1 N–H and O–H groups in total. The Labute approximate surface area is 123 Å². The van der Waals surface area contributed by atoms with E-state index in [1.165, 1.54) is 24.0 Å². The molecule has 1 aliphatic carbocycles. The van der Waals surface area contributed by atoms with Gasteiger partial charge in [-0.15, -0.1) is 0 Å². The number of rotatable bonds is 4. The van der Waals surface area contributed by atoms with Crippen molar-refractivity contribution in [1.82, 2.24) is 0 Å². The monoisotopic (exact) mass is 276 g/mol. The fourth-order valence-corrected chi connectivity index (χ4v) is 3.53. The SMILES string of the molecule is CCOC1(C(O)c2ccc(C)cc2C)CCCCCC1. The summed E-state index contributed by atoms with van der Waals surface area (Å²) in [6.45, 7) is 6.87. The van der Waals surface area contributed by atoms with E-state index in [0.717, 1.165) is 31.2 Å². The molecule has 1 saturated carbocycles. The third-order valence-corrected chi connectivity index (χ3v) is 4.60. The summed E-state index contributed by atoms with van der Waals surface area (Å²) in [6.07, 6.45) is 6.25. The van der Waals surface area contributed by atoms with Gasteiger partial charge in [-0.1, -0.05) is 49.4 Å². The van der Waals surface area contributed by atoms with Crippen LogP contribution in [0.2, 0.25) is 0 Å². The lowest BCUT2D eigenvalue weighted by Gasteiger charge is -2.38. The molecule has 0 heterocycles. The van der Waals surface area contributed by atoms with Gasteiger partial charge in [0.1, 0.15) is 6.10 Å². The number of benzene rings is 1. The Balaban J connectivity index is 2.31. The molecule has 20 heavy (non-hydrogen) atoms. The third kappa shape index (κ3) is 3.24. The van der Waals surface area contributed by atoms with E-state index in [1.54, 1.807) is 0 Å². The Morgan fingerprint density at radius 2 is 1.80 bits per heavy atom. The van der Waals surface area contributed by atoms with Gasteiger partial charge in [0.15, 0.2) is 0 Å². The van der Waals surface area contributed by atoms with Gasteiger partial charge in [-0.3, -0.25) is 0 Å². The van der Waals surface area contributed by atoms with Gasteiger partial charge >= 0.3 is 0 Å². The minimum Gasteiger partial charge on any atom is -0.385 e. The summed E-state index contributed by atoms with van der Waals surface area (Å²) in [5, 5.41) is 11.0. The van der Waals surface area contributed by atoms with Crippen LogP contribution in [-0.2, 0) is 4.74 Å². The summed E-state index contributed by atoms with van der Waals surface area (Å²) in [6, 6.07) is 6.30. The molecular weight excluding hydrogens is 248 g/mol. The smallest absolute Gasteiger partial charge is 0.108 e. The zero-order valence-corrected chi connectivity index (χ0v) is 13.1. The second-order valence-electron chi connectivity index (χ2n) is 6.17. The van der Waals surface area contributed by atoms with Crippen molar-refractivity contribution in [3.8, 4) is 0 Å². The van der Waals surface area contributed by atoms with Crippen LogP contribution in [0.25, 0.3) is 0 Å². The van der Waals surface area contributed by atoms with E-state index in [9.17, 15) is 5.11 Å². The van der Waals surface area contributed by atoms with Crippen LogP contribution in [0.15, 0.2) is 18.2 Å². The van der Waals surface area contributed by atoms with Crippen molar-refractivity contribution in [2.45, 2.75) is 71.0 Å². The van der Waals surface area contributed by atoms with Crippen molar-refractivity contribution >= 4 is 0 Å². The van der Waals surface area contributed by atoms with Crippen molar-refractivity contribution in [2.75, 3.05) is 6.61 Å². The van der Waals surface area contributed by atoms with Gasteiger partial charge in [-0.2, -0.15) is 0 Å². The first-order valence-corrected chi connectivity index (χ1v) is 7.98. The van der Waals surface area contributed by atoms with Crippen molar-refractivity contribution < 1.29 is 9.84 Å². The zero-order chi connectivity index (χ0) is 14.6. The second kappa shape index (κ2) is 6.73. The van der Waals surface area contributed by atoms with Crippen LogP contribution in [0.1, 0.15) is 68.2 Å². The Hall–Kier alpha value is -0.860. The molecule has 1 atom stereocenters. The molecule has 0 radical (unpaired) electrons. The molecule has 0 saturated heterocycles. The van der Waals surface area contributed by atoms with E-state index in [0.29, 0.717) is 6.61 Å². The first kappa shape index (κ1) is 15.5. The molecule has 0 amide bonds. The van der Waals surface area contributed by atoms with Crippen molar-refractivity contribution in [1.29, 1.82) is 0 Å². The largest absolute Gasteiger partial charge is 0.385 e. The average molecular weight is 276 g/mol. The minimum absolute atomic E-state index is 0.384.